The van der Waals surface area contributed by atoms with Gasteiger partial charge >= 0.3 is 0 Å². The summed E-state index contributed by atoms with van der Waals surface area (Å²) in [5.74, 6) is 0. The maximum absolute atomic E-state index is 14.4. The van der Waals surface area contributed by atoms with Gasteiger partial charge in [0, 0.05) is 6.04 Å². The molecule has 3 nitrogen and oxygen atoms in total. The highest BCUT2D eigenvalue weighted by Gasteiger charge is 2.27. The second-order valence-electron chi connectivity index (χ2n) is 11.9. The molecule has 6 aromatic carbocycles. The van der Waals surface area contributed by atoms with E-state index >= 15 is 0 Å². The van der Waals surface area contributed by atoms with Crippen LogP contribution in [0.15, 0.2) is 70.3 Å². The molecule has 0 spiro atoms. The lowest BCUT2D eigenvalue weighted by Gasteiger charge is -2.18. The smallest absolute Gasteiger partial charge is 0.262 e. The van der Waals surface area contributed by atoms with E-state index in [1.165, 1.54) is 58.0 Å². The van der Waals surface area contributed by atoms with Crippen LogP contribution in [0.3, 0.4) is 0 Å². The number of nitrogens with zero attached hydrogens (tertiary/aromatic N) is 1. The van der Waals surface area contributed by atoms with Crippen LogP contribution in [0.1, 0.15) is 84.1 Å². The van der Waals surface area contributed by atoms with Gasteiger partial charge in [-0.15, -0.1) is 0 Å². The second kappa shape index (κ2) is 10.0. The molecule has 202 valence electrons. The van der Waals surface area contributed by atoms with Crippen molar-refractivity contribution in [1.82, 2.24) is 4.57 Å². The fourth-order valence-electron chi connectivity index (χ4n) is 7.54. The first-order valence-electron chi connectivity index (χ1n) is 15.4. The molecule has 3 heteroatoms. The van der Waals surface area contributed by atoms with E-state index in [0.717, 1.165) is 60.1 Å². The Morgan fingerprint density at radius 2 is 0.975 bits per heavy atom. The second-order valence-corrected chi connectivity index (χ2v) is 11.9. The Bertz CT molecular complexity index is 1940. The number of benzene rings is 6. The summed E-state index contributed by atoms with van der Waals surface area (Å²) in [4.78, 5) is 28.8. The summed E-state index contributed by atoms with van der Waals surface area (Å²) in [6, 6.07) is 21.4. The number of hydrogen-bond acceptors (Lipinski definition) is 2. The maximum atomic E-state index is 14.4. The van der Waals surface area contributed by atoms with Gasteiger partial charge in [-0.1, -0.05) is 126 Å². The van der Waals surface area contributed by atoms with Gasteiger partial charge in [0.25, 0.3) is 11.1 Å². The van der Waals surface area contributed by atoms with Gasteiger partial charge in [-0.25, -0.2) is 0 Å². The fourth-order valence-corrected chi connectivity index (χ4v) is 7.54. The van der Waals surface area contributed by atoms with Crippen molar-refractivity contribution >= 4 is 64.6 Å². The summed E-state index contributed by atoms with van der Waals surface area (Å²) in [5, 5.41) is 12.6. The van der Waals surface area contributed by atoms with Crippen LogP contribution in [0, 0.1) is 0 Å². The van der Waals surface area contributed by atoms with Crippen molar-refractivity contribution in [3.05, 3.63) is 81.4 Å². The monoisotopic (exact) mass is 527 g/mol. The minimum Gasteiger partial charge on any atom is -0.271 e. The topological polar surface area (TPSA) is 39.1 Å². The number of unbranched alkanes of at least 4 members (excludes halogenated alkanes) is 6. The third-order valence-corrected chi connectivity index (χ3v) is 9.43. The lowest BCUT2D eigenvalue weighted by molar-refractivity contribution is 0.386. The normalized spacial score (nSPS) is 12.7. The molecule has 0 fully saturated rings. The number of aromatic nitrogens is 1. The summed E-state index contributed by atoms with van der Waals surface area (Å²) in [7, 11) is 0. The standard InChI is InChI=1S/C37H37NO2/c1-3-5-7-9-15-25(16-10-8-6-4-2)38-36(39)34-28-21-19-23-13-11-17-26-27-18-12-14-24-20-22-29(35(34)37(38)40)33(31(24)27)32(28)30(23)26/h11-14,17-22,25H,3-10,15-16H2,1-2H3. The molecule has 0 amide bonds. The zero-order valence-electron chi connectivity index (χ0n) is 23.7. The summed E-state index contributed by atoms with van der Waals surface area (Å²) >= 11 is 0. The Labute approximate surface area is 234 Å². The van der Waals surface area contributed by atoms with Gasteiger partial charge in [-0.05, 0) is 66.7 Å². The first-order valence-corrected chi connectivity index (χ1v) is 15.4. The predicted molar refractivity (Wildman–Crippen MR) is 172 cm³/mol. The van der Waals surface area contributed by atoms with Crippen molar-refractivity contribution in [3.63, 3.8) is 0 Å². The first kappa shape index (κ1) is 25.3. The maximum Gasteiger partial charge on any atom is 0.262 e. The molecule has 0 saturated heterocycles. The molecule has 0 atom stereocenters. The highest BCUT2D eigenvalue weighted by molar-refractivity contribution is 6.44. The van der Waals surface area contributed by atoms with Crippen molar-refractivity contribution < 1.29 is 0 Å². The Balaban J connectivity index is 1.56. The van der Waals surface area contributed by atoms with E-state index in [9.17, 15) is 9.59 Å². The lowest BCUT2D eigenvalue weighted by atomic mass is 9.84. The van der Waals surface area contributed by atoms with Crippen LogP contribution < -0.4 is 11.1 Å². The van der Waals surface area contributed by atoms with Gasteiger partial charge in [0.05, 0.1) is 10.8 Å². The largest absolute Gasteiger partial charge is 0.271 e. The molecular weight excluding hydrogens is 490 g/mol. The van der Waals surface area contributed by atoms with Crippen molar-refractivity contribution in [2.45, 2.75) is 84.1 Å². The molecule has 1 heterocycles. The van der Waals surface area contributed by atoms with Crippen LogP contribution in [-0.4, -0.2) is 4.57 Å². The molecule has 0 radical (unpaired) electrons. The number of hydrogen-bond donors (Lipinski definition) is 0. The van der Waals surface area contributed by atoms with Crippen molar-refractivity contribution in [3.8, 4) is 0 Å². The van der Waals surface area contributed by atoms with Crippen molar-refractivity contribution in [2.75, 3.05) is 0 Å². The zero-order chi connectivity index (χ0) is 27.4. The molecule has 7 aromatic rings. The molecule has 7 rings (SSSR count). The van der Waals surface area contributed by atoms with E-state index in [0.29, 0.717) is 10.8 Å². The van der Waals surface area contributed by atoms with Gasteiger partial charge in [-0.2, -0.15) is 0 Å². The summed E-state index contributed by atoms with van der Waals surface area (Å²) in [6.07, 6.45) is 11.0. The number of rotatable bonds is 11. The van der Waals surface area contributed by atoms with Gasteiger partial charge in [0.15, 0.2) is 0 Å². The van der Waals surface area contributed by atoms with Crippen molar-refractivity contribution in [2.24, 2.45) is 0 Å². The lowest BCUT2D eigenvalue weighted by Crippen LogP contribution is -2.30. The fraction of sp³-hybridized carbons (Fsp3) is 0.351. The highest BCUT2D eigenvalue weighted by Crippen LogP contribution is 2.47. The Kier molecular flexibility index (Phi) is 6.34. The molecule has 0 aliphatic heterocycles. The minimum absolute atomic E-state index is 0.0385. The van der Waals surface area contributed by atoms with Crippen LogP contribution in [0.25, 0.3) is 64.6 Å². The van der Waals surface area contributed by atoms with Crippen LogP contribution in [0.2, 0.25) is 0 Å². The molecule has 0 unspecified atom stereocenters. The molecular formula is C37H37NO2. The quantitative estimate of drug-likeness (QED) is 0.0954. The van der Waals surface area contributed by atoms with E-state index < -0.39 is 0 Å². The van der Waals surface area contributed by atoms with E-state index in [1.54, 1.807) is 4.57 Å². The summed E-state index contributed by atoms with van der Waals surface area (Å²) < 4.78 is 1.67. The average molecular weight is 528 g/mol. The molecule has 0 aliphatic rings. The number of fused-ring (bicyclic) bond motifs is 4. The molecule has 0 saturated carbocycles. The van der Waals surface area contributed by atoms with E-state index in [-0.39, 0.29) is 17.2 Å². The van der Waals surface area contributed by atoms with Crippen LogP contribution in [0.5, 0.6) is 0 Å². The Hall–Kier alpha value is -3.72. The van der Waals surface area contributed by atoms with Crippen molar-refractivity contribution in [1.29, 1.82) is 0 Å². The molecule has 40 heavy (non-hydrogen) atoms. The Morgan fingerprint density at radius 3 is 1.43 bits per heavy atom. The third kappa shape index (κ3) is 3.63. The van der Waals surface area contributed by atoms with Gasteiger partial charge in [0.2, 0.25) is 0 Å². The molecule has 1 aromatic heterocycles. The molecule has 0 aliphatic carbocycles. The van der Waals surface area contributed by atoms with Crippen LogP contribution >= 0.6 is 0 Å². The molecule has 0 N–H and O–H groups in total. The van der Waals surface area contributed by atoms with E-state index in [1.807, 2.05) is 0 Å². The predicted octanol–water partition coefficient (Wildman–Crippen LogP) is 9.92. The zero-order valence-corrected chi connectivity index (χ0v) is 23.7. The summed E-state index contributed by atoms with van der Waals surface area (Å²) in [6.45, 7) is 4.44. The van der Waals surface area contributed by atoms with Gasteiger partial charge in [-0.3, -0.25) is 14.2 Å². The SMILES string of the molecule is CCCCCCC(CCCCCC)n1c(=O)c2c3ccc4cccc5c6cccc7ccc(c2c1=O)c(c76)c3c45. The average Bonchev–Trinajstić information content (AvgIpc) is 3.25. The minimum atomic E-state index is -0.0892. The van der Waals surface area contributed by atoms with Crippen LogP contribution in [-0.2, 0) is 0 Å². The van der Waals surface area contributed by atoms with Gasteiger partial charge < -0.3 is 0 Å². The first-order chi connectivity index (χ1) is 19.7. The third-order valence-electron chi connectivity index (χ3n) is 9.43. The van der Waals surface area contributed by atoms with E-state index in [4.69, 9.17) is 0 Å². The Morgan fingerprint density at radius 1 is 0.500 bits per heavy atom. The van der Waals surface area contributed by atoms with E-state index in [2.05, 4.69) is 74.5 Å². The molecule has 0 bridgehead atoms. The highest BCUT2D eigenvalue weighted by atomic mass is 16.2. The van der Waals surface area contributed by atoms with Crippen LogP contribution in [0.4, 0.5) is 0 Å². The summed E-state index contributed by atoms with van der Waals surface area (Å²) in [5.41, 5.74) is -0.178. The van der Waals surface area contributed by atoms with Gasteiger partial charge in [0.1, 0.15) is 0 Å².